The first-order valence-electron chi connectivity index (χ1n) is 12.5. The number of amides is 2. The minimum Gasteiger partial charge on any atom is -0.368 e. The number of nitro benzene ring substituents is 1. The van der Waals surface area contributed by atoms with Gasteiger partial charge < -0.3 is 9.80 Å². The molecule has 0 bridgehead atoms. The molecule has 0 radical (unpaired) electrons. The Labute approximate surface area is 205 Å². The Kier molecular flexibility index (Phi) is 5.99. The van der Waals surface area contributed by atoms with E-state index in [2.05, 4.69) is 43.9 Å². The Hall–Kier alpha value is -3.42. The van der Waals surface area contributed by atoms with E-state index in [1.54, 1.807) is 12.1 Å². The first kappa shape index (κ1) is 23.3. The first-order valence-corrected chi connectivity index (χ1v) is 12.5. The Bertz CT molecular complexity index is 1190. The predicted molar refractivity (Wildman–Crippen MR) is 136 cm³/mol. The number of hydrogen-bond acceptors (Lipinski definition) is 6. The number of anilines is 3. The van der Waals surface area contributed by atoms with Gasteiger partial charge >= 0.3 is 0 Å². The van der Waals surface area contributed by atoms with Crippen LogP contribution in [-0.4, -0.2) is 42.9 Å². The second-order valence-corrected chi connectivity index (χ2v) is 10.3. The third-order valence-electron chi connectivity index (χ3n) is 8.14. The predicted octanol–water partition coefficient (Wildman–Crippen LogP) is 4.46. The molecule has 2 aromatic rings. The number of aryl methyl sites for hydroxylation is 1. The molecule has 184 valence electrons. The van der Waals surface area contributed by atoms with Crippen molar-refractivity contribution >= 4 is 34.6 Å². The summed E-state index contributed by atoms with van der Waals surface area (Å²) in [6, 6.07) is 11.1. The molecule has 0 N–H and O–H groups in total. The van der Waals surface area contributed by atoms with E-state index in [9.17, 15) is 19.7 Å². The van der Waals surface area contributed by atoms with Crippen LogP contribution in [0.15, 0.2) is 36.4 Å². The molecule has 1 saturated carbocycles. The first-order chi connectivity index (χ1) is 16.8. The van der Waals surface area contributed by atoms with E-state index < -0.39 is 4.92 Å². The SMILES string of the molecule is Cc1cccc(N2CCN(c3ccc(N4C(=O)[C@H]5C[C@H](C)CC[C@H]5C4=O)cc3[N+](=O)[O-])CC2)c1C. The topological polar surface area (TPSA) is 87.0 Å². The van der Waals surface area contributed by atoms with Gasteiger partial charge in [0.05, 0.1) is 22.4 Å². The lowest BCUT2D eigenvalue weighted by Crippen LogP contribution is -2.47. The van der Waals surface area contributed by atoms with Gasteiger partial charge in [-0.1, -0.05) is 19.1 Å². The van der Waals surface area contributed by atoms with E-state index in [0.717, 1.165) is 19.5 Å². The van der Waals surface area contributed by atoms with Crippen LogP contribution in [0.5, 0.6) is 0 Å². The molecule has 8 nitrogen and oxygen atoms in total. The lowest BCUT2D eigenvalue weighted by atomic mass is 9.76. The molecule has 8 heteroatoms. The highest BCUT2D eigenvalue weighted by molar-refractivity contribution is 6.22. The average molecular weight is 477 g/mol. The number of piperazine rings is 1. The van der Waals surface area contributed by atoms with Crippen LogP contribution in [0.2, 0.25) is 0 Å². The summed E-state index contributed by atoms with van der Waals surface area (Å²) in [6.45, 7) is 9.15. The van der Waals surface area contributed by atoms with Crippen LogP contribution >= 0.6 is 0 Å². The number of carbonyl (C=O) groups excluding carboxylic acids is 2. The maximum absolute atomic E-state index is 13.1. The van der Waals surface area contributed by atoms with Crippen molar-refractivity contribution in [2.24, 2.45) is 17.8 Å². The molecule has 2 amide bonds. The zero-order chi connectivity index (χ0) is 24.9. The fourth-order valence-corrected chi connectivity index (χ4v) is 5.98. The van der Waals surface area contributed by atoms with Crippen LogP contribution < -0.4 is 14.7 Å². The van der Waals surface area contributed by atoms with Crippen LogP contribution in [0.1, 0.15) is 37.3 Å². The van der Waals surface area contributed by atoms with Gasteiger partial charge in [-0.05, 0) is 68.4 Å². The van der Waals surface area contributed by atoms with Crippen molar-refractivity contribution in [3.05, 3.63) is 57.6 Å². The van der Waals surface area contributed by atoms with Crippen LogP contribution in [0, 0.1) is 41.7 Å². The number of nitrogens with zero attached hydrogens (tertiary/aromatic N) is 4. The van der Waals surface area contributed by atoms with Crippen LogP contribution in [0.4, 0.5) is 22.7 Å². The second kappa shape index (κ2) is 8.98. The molecule has 0 unspecified atom stereocenters. The second-order valence-electron chi connectivity index (χ2n) is 10.3. The van der Waals surface area contributed by atoms with Gasteiger partial charge in [0, 0.05) is 37.9 Å². The molecule has 3 fully saturated rings. The molecule has 1 aliphatic carbocycles. The third-order valence-corrected chi connectivity index (χ3v) is 8.14. The van der Waals surface area contributed by atoms with Crippen molar-refractivity contribution in [1.29, 1.82) is 0 Å². The van der Waals surface area contributed by atoms with Crippen molar-refractivity contribution in [2.45, 2.75) is 40.0 Å². The molecular weight excluding hydrogens is 444 g/mol. The monoisotopic (exact) mass is 476 g/mol. The molecule has 2 heterocycles. The van der Waals surface area contributed by atoms with Crippen molar-refractivity contribution in [1.82, 2.24) is 0 Å². The Morgan fingerprint density at radius 2 is 1.54 bits per heavy atom. The number of fused-ring (bicyclic) bond motifs is 1. The molecule has 35 heavy (non-hydrogen) atoms. The molecule has 0 spiro atoms. The largest absolute Gasteiger partial charge is 0.368 e. The Morgan fingerprint density at radius 3 is 2.23 bits per heavy atom. The summed E-state index contributed by atoms with van der Waals surface area (Å²) in [5.41, 5.74) is 4.49. The van der Waals surface area contributed by atoms with Gasteiger partial charge in [-0.3, -0.25) is 19.7 Å². The molecule has 3 aliphatic rings. The number of imide groups is 1. The van der Waals surface area contributed by atoms with Crippen molar-refractivity contribution < 1.29 is 14.5 Å². The van der Waals surface area contributed by atoms with Gasteiger partial charge in [-0.2, -0.15) is 0 Å². The van der Waals surface area contributed by atoms with Crippen molar-refractivity contribution in [2.75, 3.05) is 40.9 Å². The number of hydrogen-bond donors (Lipinski definition) is 0. The lowest BCUT2D eigenvalue weighted by molar-refractivity contribution is -0.384. The summed E-state index contributed by atoms with van der Waals surface area (Å²) in [5, 5.41) is 12.0. The smallest absolute Gasteiger partial charge is 0.294 e. The number of benzene rings is 2. The molecule has 2 aromatic carbocycles. The van der Waals surface area contributed by atoms with Gasteiger partial charge in [0.25, 0.3) is 5.69 Å². The number of nitro groups is 1. The fraction of sp³-hybridized carbons (Fsp3) is 0.481. The maximum Gasteiger partial charge on any atom is 0.294 e. The van der Waals surface area contributed by atoms with Gasteiger partial charge in [0.1, 0.15) is 5.69 Å². The zero-order valence-corrected chi connectivity index (χ0v) is 20.6. The maximum atomic E-state index is 13.1. The molecule has 3 atom stereocenters. The van der Waals surface area contributed by atoms with Gasteiger partial charge in [0.15, 0.2) is 0 Å². The van der Waals surface area contributed by atoms with E-state index in [-0.39, 0.29) is 29.3 Å². The van der Waals surface area contributed by atoms with E-state index in [4.69, 9.17) is 0 Å². The number of carbonyl (C=O) groups is 2. The van der Waals surface area contributed by atoms with E-state index in [1.807, 2.05) is 4.90 Å². The molecular formula is C27H32N4O4. The Morgan fingerprint density at radius 1 is 0.886 bits per heavy atom. The van der Waals surface area contributed by atoms with E-state index in [1.165, 1.54) is 27.8 Å². The van der Waals surface area contributed by atoms with Gasteiger partial charge in [0.2, 0.25) is 11.8 Å². The minimum atomic E-state index is -0.407. The highest BCUT2D eigenvalue weighted by atomic mass is 16.6. The Balaban J connectivity index is 1.37. The quantitative estimate of drug-likeness (QED) is 0.368. The lowest BCUT2D eigenvalue weighted by Gasteiger charge is -2.38. The summed E-state index contributed by atoms with van der Waals surface area (Å²) in [4.78, 5) is 43.3. The van der Waals surface area contributed by atoms with Crippen molar-refractivity contribution in [3.8, 4) is 0 Å². The summed E-state index contributed by atoms with van der Waals surface area (Å²) >= 11 is 0. The zero-order valence-electron chi connectivity index (χ0n) is 20.6. The highest BCUT2D eigenvalue weighted by Crippen LogP contribution is 2.43. The average Bonchev–Trinajstić information content (AvgIpc) is 3.09. The summed E-state index contributed by atoms with van der Waals surface area (Å²) < 4.78 is 0. The van der Waals surface area contributed by atoms with Crippen LogP contribution in [0.3, 0.4) is 0 Å². The normalized spacial score (nSPS) is 24.7. The minimum absolute atomic E-state index is 0.0634. The third kappa shape index (κ3) is 4.05. The van der Waals surface area contributed by atoms with E-state index in [0.29, 0.717) is 43.2 Å². The van der Waals surface area contributed by atoms with Crippen LogP contribution in [-0.2, 0) is 9.59 Å². The van der Waals surface area contributed by atoms with Crippen molar-refractivity contribution in [3.63, 3.8) is 0 Å². The summed E-state index contributed by atoms with van der Waals surface area (Å²) in [7, 11) is 0. The fourth-order valence-electron chi connectivity index (χ4n) is 5.98. The molecule has 0 aromatic heterocycles. The number of rotatable bonds is 4. The van der Waals surface area contributed by atoms with Crippen LogP contribution in [0.25, 0.3) is 0 Å². The van der Waals surface area contributed by atoms with Gasteiger partial charge in [-0.15, -0.1) is 0 Å². The van der Waals surface area contributed by atoms with E-state index >= 15 is 0 Å². The van der Waals surface area contributed by atoms with Gasteiger partial charge in [-0.25, -0.2) is 4.90 Å². The summed E-state index contributed by atoms with van der Waals surface area (Å²) in [5.74, 6) is -0.613. The highest BCUT2D eigenvalue weighted by Gasteiger charge is 2.50. The molecule has 2 saturated heterocycles. The molecule has 2 aliphatic heterocycles. The molecule has 5 rings (SSSR count). The standard InChI is InChI=1S/C27H32N4O4/c1-17-7-9-21-22(15-17)27(33)30(26(21)32)20-8-10-24(25(16-20)31(34)35)29-13-11-28(12-14-29)23-6-4-5-18(2)19(23)3/h4-6,8,10,16-17,21-22H,7,9,11-15H2,1-3H3/t17-,21-,22+/m1/s1. The summed E-state index contributed by atoms with van der Waals surface area (Å²) in [6.07, 6.45) is 2.34.